The van der Waals surface area contributed by atoms with E-state index in [-0.39, 0.29) is 12.5 Å². The highest BCUT2D eigenvalue weighted by atomic mass is 35.5. The summed E-state index contributed by atoms with van der Waals surface area (Å²) in [4.78, 5) is 13.1. The molecule has 0 unspecified atom stereocenters. The van der Waals surface area contributed by atoms with E-state index >= 15 is 0 Å². The van der Waals surface area contributed by atoms with Gasteiger partial charge in [0.1, 0.15) is 5.75 Å². The second-order valence-electron chi connectivity index (χ2n) is 3.67. The number of hydrogen-bond donors (Lipinski definition) is 1. The zero-order valence-electron chi connectivity index (χ0n) is 10.1. The van der Waals surface area contributed by atoms with Crippen molar-refractivity contribution in [2.24, 2.45) is 5.73 Å². The lowest BCUT2D eigenvalue weighted by atomic mass is 10.2. The third-order valence-electron chi connectivity index (χ3n) is 2.48. The van der Waals surface area contributed by atoms with Crippen molar-refractivity contribution in [3.63, 3.8) is 0 Å². The van der Waals surface area contributed by atoms with Crippen LogP contribution in [0.3, 0.4) is 0 Å². The molecule has 0 aliphatic heterocycles. The zero-order chi connectivity index (χ0) is 12.8. The van der Waals surface area contributed by atoms with Crippen LogP contribution in [-0.2, 0) is 11.3 Å². The molecule has 0 heterocycles. The maximum atomic E-state index is 11.5. The quantitative estimate of drug-likeness (QED) is 0.872. The van der Waals surface area contributed by atoms with Crippen LogP contribution in [-0.4, -0.2) is 31.0 Å². The Morgan fingerprint density at radius 2 is 2.24 bits per heavy atom. The fourth-order valence-electron chi connectivity index (χ4n) is 1.21. The molecule has 4 nitrogen and oxygen atoms in total. The summed E-state index contributed by atoms with van der Waals surface area (Å²) in [6.45, 7) is 2.98. The van der Waals surface area contributed by atoms with Gasteiger partial charge in [0.15, 0.2) is 6.61 Å². The fraction of sp³-hybridized carbons (Fsp3) is 0.417. The first-order valence-corrected chi connectivity index (χ1v) is 5.81. The van der Waals surface area contributed by atoms with Gasteiger partial charge in [-0.1, -0.05) is 17.7 Å². The normalized spacial score (nSPS) is 10.1. The Balaban J connectivity index is 2.61. The van der Waals surface area contributed by atoms with Crippen molar-refractivity contribution >= 4 is 17.5 Å². The zero-order valence-corrected chi connectivity index (χ0v) is 10.8. The van der Waals surface area contributed by atoms with Crippen molar-refractivity contribution in [3.05, 3.63) is 28.8 Å². The van der Waals surface area contributed by atoms with Crippen LogP contribution in [0.1, 0.15) is 12.5 Å². The third kappa shape index (κ3) is 3.91. The maximum Gasteiger partial charge on any atom is 0.260 e. The van der Waals surface area contributed by atoms with Crippen LogP contribution in [0.4, 0.5) is 0 Å². The van der Waals surface area contributed by atoms with Gasteiger partial charge in [0, 0.05) is 20.1 Å². The van der Waals surface area contributed by atoms with E-state index in [1.807, 2.05) is 13.0 Å². The van der Waals surface area contributed by atoms with E-state index in [4.69, 9.17) is 22.1 Å². The summed E-state index contributed by atoms with van der Waals surface area (Å²) in [6.07, 6.45) is 0. The first-order valence-electron chi connectivity index (χ1n) is 5.43. The van der Waals surface area contributed by atoms with Crippen molar-refractivity contribution in [2.75, 3.05) is 20.2 Å². The van der Waals surface area contributed by atoms with Crippen LogP contribution >= 0.6 is 11.6 Å². The van der Waals surface area contributed by atoms with Gasteiger partial charge >= 0.3 is 0 Å². The van der Waals surface area contributed by atoms with Crippen LogP contribution in [0.2, 0.25) is 5.02 Å². The average Bonchev–Trinajstić information content (AvgIpc) is 2.35. The number of carbonyl (C=O) groups is 1. The number of nitrogens with zero attached hydrogens (tertiary/aromatic N) is 1. The highest BCUT2D eigenvalue weighted by molar-refractivity contribution is 6.32. The van der Waals surface area contributed by atoms with E-state index in [0.717, 1.165) is 5.56 Å². The molecule has 0 aromatic heterocycles. The van der Waals surface area contributed by atoms with E-state index in [2.05, 4.69) is 0 Å². The van der Waals surface area contributed by atoms with Gasteiger partial charge in [-0.3, -0.25) is 4.79 Å². The molecule has 0 fully saturated rings. The van der Waals surface area contributed by atoms with Gasteiger partial charge in [-0.2, -0.15) is 0 Å². The summed E-state index contributed by atoms with van der Waals surface area (Å²) in [6, 6.07) is 5.30. The Hall–Kier alpha value is -1.26. The van der Waals surface area contributed by atoms with Crippen LogP contribution in [0.15, 0.2) is 18.2 Å². The monoisotopic (exact) mass is 256 g/mol. The summed E-state index contributed by atoms with van der Waals surface area (Å²) in [5, 5.41) is 0.472. The van der Waals surface area contributed by atoms with E-state index in [0.29, 0.717) is 23.9 Å². The first kappa shape index (κ1) is 13.8. The summed E-state index contributed by atoms with van der Waals surface area (Å²) in [5.41, 5.74) is 6.42. The Labute approximate surface area is 106 Å². The van der Waals surface area contributed by atoms with Crippen molar-refractivity contribution in [1.82, 2.24) is 4.90 Å². The van der Waals surface area contributed by atoms with Crippen LogP contribution < -0.4 is 10.5 Å². The second-order valence-corrected chi connectivity index (χ2v) is 4.07. The minimum Gasteiger partial charge on any atom is -0.482 e. The van der Waals surface area contributed by atoms with Crippen LogP contribution in [0.5, 0.6) is 5.75 Å². The minimum atomic E-state index is -0.0773. The van der Waals surface area contributed by atoms with E-state index in [1.165, 1.54) is 0 Å². The number of carbonyl (C=O) groups excluding carboxylic acids is 1. The number of hydrogen-bond acceptors (Lipinski definition) is 3. The van der Waals surface area contributed by atoms with Crippen molar-refractivity contribution < 1.29 is 9.53 Å². The van der Waals surface area contributed by atoms with Gasteiger partial charge in [0.25, 0.3) is 5.91 Å². The smallest absolute Gasteiger partial charge is 0.260 e. The summed E-state index contributed by atoms with van der Waals surface area (Å²) >= 11 is 6.00. The van der Waals surface area contributed by atoms with Crippen molar-refractivity contribution in [3.8, 4) is 5.75 Å². The molecule has 0 saturated heterocycles. The molecule has 0 saturated carbocycles. The number of likely N-dealkylation sites (N-methyl/N-ethyl adjacent to an activating group) is 1. The number of benzene rings is 1. The molecule has 0 atom stereocenters. The number of ether oxygens (including phenoxy) is 1. The molecular formula is C12H17ClN2O2. The lowest BCUT2D eigenvalue weighted by Gasteiger charge is -2.15. The fourth-order valence-corrected chi connectivity index (χ4v) is 1.47. The molecule has 1 aromatic carbocycles. The van der Waals surface area contributed by atoms with Crippen LogP contribution in [0.25, 0.3) is 0 Å². The first-order chi connectivity index (χ1) is 8.08. The Morgan fingerprint density at radius 3 is 2.76 bits per heavy atom. The molecular weight excluding hydrogens is 240 g/mol. The molecule has 1 amide bonds. The average molecular weight is 257 g/mol. The Kier molecular flexibility index (Phi) is 5.25. The molecule has 17 heavy (non-hydrogen) atoms. The standard InChI is InChI=1S/C12H17ClN2O2/c1-3-15(2)12(16)8-17-11-5-4-9(7-14)6-10(11)13/h4-6H,3,7-8,14H2,1-2H3. The van der Waals surface area contributed by atoms with Gasteiger partial charge < -0.3 is 15.4 Å². The Bertz CT molecular complexity index is 396. The highest BCUT2D eigenvalue weighted by Gasteiger charge is 2.09. The summed E-state index contributed by atoms with van der Waals surface area (Å²) in [5.74, 6) is 0.424. The maximum absolute atomic E-state index is 11.5. The van der Waals surface area contributed by atoms with E-state index in [1.54, 1.807) is 24.1 Å². The lowest BCUT2D eigenvalue weighted by Crippen LogP contribution is -2.31. The number of amides is 1. The largest absolute Gasteiger partial charge is 0.482 e. The predicted octanol–water partition coefficient (Wildman–Crippen LogP) is 1.66. The van der Waals surface area contributed by atoms with Crippen LogP contribution in [0, 0.1) is 0 Å². The molecule has 0 aliphatic rings. The van der Waals surface area contributed by atoms with Gasteiger partial charge in [-0.25, -0.2) is 0 Å². The van der Waals surface area contributed by atoms with E-state index < -0.39 is 0 Å². The number of halogens is 1. The van der Waals surface area contributed by atoms with Gasteiger partial charge in [-0.05, 0) is 24.6 Å². The minimum absolute atomic E-state index is 0.00791. The molecule has 5 heteroatoms. The molecule has 2 N–H and O–H groups in total. The van der Waals surface area contributed by atoms with Gasteiger partial charge in [-0.15, -0.1) is 0 Å². The molecule has 1 rings (SSSR count). The Morgan fingerprint density at radius 1 is 1.53 bits per heavy atom. The van der Waals surface area contributed by atoms with Crippen molar-refractivity contribution in [2.45, 2.75) is 13.5 Å². The van der Waals surface area contributed by atoms with Gasteiger partial charge in [0.05, 0.1) is 5.02 Å². The molecule has 0 bridgehead atoms. The summed E-state index contributed by atoms with van der Waals surface area (Å²) in [7, 11) is 1.73. The van der Waals surface area contributed by atoms with Crippen molar-refractivity contribution in [1.29, 1.82) is 0 Å². The number of nitrogens with two attached hydrogens (primary N) is 1. The van der Waals surface area contributed by atoms with E-state index in [9.17, 15) is 4.79 Å². The predicted molar refractivity (Wildman–Crippen MR) is 68.1 cm³/mol. The molecule has 0 spiro atoms. The summed E-state index contributed by atoms with van der Waals surface area (Å²) < 4.78 is 5.36. The molecule has 0 radical (unpaired) electrons. The molecule has 1 aromatic rings. The number of rotatable bonds is 5. The molecule has 94 valence electrons. The van der Waals surface area contributed by atoms with Gasteiger partial charge in [0.2, 0.25) is 0 Å². The highest BCUT2D eigenvalue weighted by Crippen LogP contribution is 2.25. The topological polar surface area (TPSA) is 55.6 Å². The second kappa shape index (κ2) is 6.47. The SMILES string of the molecule is CCN(C)C(=O)COc1ccc(CN)cc1Cl. The third-order valence-corrected chi connectivity index (χ3v) is 2.78. The molecule has 0 aliphatic carbocycles. The lowest BCUT2D eigenvalue weighted by molar-refractivity contribution is -0.131.